The van der Waals surface area contributed by atoms with Crippen LogP contribution in [0.15, 0.2) is 47.5 Å². The molecule has 31 heavy (non-hydrogen) atoms. The summed E-state index contributed by atoms with van der Waals surface area (Å²) in [6, 6.07) is 9.44. The van der Waals surface area contributed by atoms with Gasteiger partial charge in [-0.2, -0.15) is 9.98 Å². The molecule has 0 radical (unpaired) electrons. The van der Waals surface area contributed by atoms with Gasteiger partial charge in [0.25, 0.3) is 0 Å². The highest BCUT2D eigenvalue weighted by atomic mass is 32.2. The summed E-state index contributed by atoms with van der Waals surface area (Å²) in [6.07, 6.45) is 1.57. The number of nitrogens with zero attached hydrogens (tertiary/aromatic N) is 4. The van der Waals surface area contributed by atoms with Crippen LogP contribution in [0.5, 0.6) is 0 Å². The van der Waals surface area contributed by atoms with E-state index in [4.69, 9.17) is 5.26 Å². The third kappa shape index (κ3) is 5.18. The molecule has 10 heteroatoms. The maximum absolute atomic E-state index is 14.0. The molecular weight excluding hydrogens is 421 g/mol. The second kappa shape index (κ2) is 9.41. The first-order valence-corrected chi connectivity index (χ1v) is 11.4. The molecule has 2 aromatic rings. The number of hydrogen-bond donors (Lipinski definition) is 1. The van der Waals surface area contributed by atoms with Crippen LogP contribution in [0.2, 0.25) is 0 Å². The van der Waals surface area contributed by atoms with Crippen LogP contribution in [-0.4, -0.2) is 56.4 Å². The van der Waals surface area contributed by atoms with Gasteiger partial charge in [-0.3, -0.25) is 4.79 Å². The van der Waals surface area contributed by atoms with Crippen molar-refractivity contribution in [3.8, 4) is 6.07 Å². The van der Waals surface area contributed by atoms with Gasteiger partial charge < -0.3 is 9.80 Å². The largest absolute Gasteiger partial charge is 0.353 e. The van der Waals surface area contributed by atoms with E-state index in [-0.39, 0.29) is 11.8 Å². The van der Waals surface area contributed by atoms with Crippen molar-refractivity contribution in [1.82, 2.24) is 14.6 Å². The third-order valence-electron chi connectivity index (χ3n) is 5.13. The predicted octanol–water partition coefficient (Wildman–Crippen LogP) is 1.74. The fourth-order valence-electron chi connectivity index (χ4n) is 3.38. The normalized spacial score (nSPS) is 15.6. The van der Waals surface area contributed by atoms with E-state index in [1.165, 1.54) is 18.2 Å². The van der Waals surface area contributed by atoms with Gasteiger partial charge in [-0.25, -0.2) is 17.8 Å². The molecule has 1 amide bonds. The fraction of sp³-hybridized carbons (Fsp3) is 0.381. The van der Waals surface area contributed by atoms with Crippen LogP contribution in [0, 0.1) is 23.1 Å². The summed E-state index contributed by atoms with van der Waals surface area (Å²) in [5, 5.41) is 9.05. The van der Waals surface area contributed by atoms with Crippen LogP contribution >= 0.6 is 0 Å². The van der Waals surface area contributed by atoms with Gasteiger partial charge in [-0.15, -0.1) is 0 Å². The minimum Gasteiger partial charge on any atom is -0.353 e. The number of carbonyl (C=O) groups is 1. The number of aromatic nitrogens is 1. The molecule has 0 bridgehead atoms. The Morgan fingerprint density at radius 2 is 1.87 bits per heavy atom. The van der Waals surface area contributed by atoms with Gasteiger partial charge in [0, 0.05) is 32.4 Å². The predicted molar refractivity (Wildman–Crippen MR) is 113 cm³/mol. The summed E-state index contributed by atoms with van der Waals surface area (Å²) in [5.41, 5.74) is 0.505. The Morgan fingerprint density at radius 3 is 2.48 bits per heavy atom. The van der Waals surface area contributed by atoms with E-state index in [1.807, 2.05) is 4.90 Å². The van der Waals surface area contributed by atoms with E-state index in [9.17, 15) is 17.6 Å². The second-order valence-electron chi connectivity index (χ2n) is 7.60. The minimum absolute atomic E-state index is 0.332. The highest BCUT2D eigenvalue weighted by Gasteiger charge is 2.34. The van der Waals surface area contributed by atoms with Gasteiger partial charge in [-0.05, 0) is 30.2 Å². The molecule has 1 fully saturated rings. The third-order valence-corrected chi connectivity index (χ3v) is 6.61. The second-order valence-corrected chi connectivity index (χ2v) is 9.28. The molecule has 1 aliphatic rings. The zero-order chi connectivity index (χ0) is 22.6. The molecule has 0 spiro atoms. The lowest BCUT2D eigenvalue weighted by Crippen LogP contribution is -2.56. The zero-order valence-corrected chi connectivity index (χ0v) is 18.1. The fourth-order valence-corrected chi connectivity index (χ4v) is 4.80. The molecule has 0 saturated carbocycles. The molecule has 164 valence electrons. The van der Waals surface area contributed by atoms with Gasteiger partial charge in [-0.1, -0.05) is 26.0 Å². The molecule has 2 heterocycles. The van der Waals surface area contributed by atoms with Gasteiger partial charge >= 0.3 is 0 Å². The smallest absolute Gasteiger partial charge is 0.244 e. The number of rotatable bonds is 6. The topological polar surface area (TPSA) is 106 Å². The molecule has 1 aromatic heterocycles. The number of pyridine rings is 1. The highest BCUT2D eigenvalue weighted by Crippen LogP contribution is 2.19. The number of carbonyl (C=O) groups excluding carboxylic acids is 1. The summed E-state index contributed by atoms with van der Waals surface area (Å²) in [7, 11) is -4.20. The maximum atomic E-state index is 14.0. The van der Waals surface area contributed by atoms with Crippen LogP contribution in [0.25, 0.3) is 0 Å². The molecule has 0 aliphatic carbocycles. The van der Waals surface area contributed by atoms with Crippen LogP contribution in [0.3, 0.4) is 0 Å². The Balaban J connectivity index is 1.70. The number of anilines is 1. The van der Waals surface area contributed by atoms with Crippen molar-refractivity contribution >= 4 is 21.7 Å². The highest BCUT2D eigenvalue weighted by molar-refractivity contribution is 7.89. The van der Waals surface area contributed by atoms with Gasteiger partial charge in [0.15, 0.2) is 0 Å². The van der Waals surface area contributed by atoms with E-state index in [0.29, 0.717) is 37.6 Å². The first-order valence-electron chi connectivity index (χ1n) is 9.89. The van der Waals surface area contributed by atoms with E-state index >= 15 is 0 Å². The van der Waals surface area contributed by atoms with Crippen molar-refractivity contribution in [3.05, 3.63) is 54.0 Å². The van der Waals surface area contributed by atoms with Crippen molar-refractivity contribution in [2.24, 2.45) is 5.92 Å². The summed E-state index contributed by atoms with van der Waals surface area (Å²) < 4.78 is 41.8. The first kappa shape index (κ1) is 22.7. The molecule has 1 aromatic carbocycles. The zero-order valence-electron chi connectivity index (χ0n) is 17.3. The van der Waals surface area contributed by atoms with Crippen LogP contribution in [-0.2, 0) is 14.8 Å². The van der Waals surface area contributed by atoms with Crippen molar-refractivity contribution in [2.75, 3.05) is 31.1 Å². The lowest BCUT2D eigenvalue weighted by atomic mass is 10.0. The molecule has 8 nitrogen and oxygen atoms in total. The van der Waals surface area contributed by atoms with E-state index in [0.717, 1.165) is 6.07 Å². The number of sulfonamides is 1. The Morgan fingerprint density at radius 1 is 1.19 bits per heavy atom. The molecule has 1 atom stereocenters. The Hall–Kier alpha value is -3.03. The lowest BCUT2D eigenvalue weighted by Gasteiger charge is -2.37. The van der Waals surface area contributed by atoms with Gasteiger partial charge in [0.05, 0.1) is 11.6 Å². The van der Waals surface area contributed by atoms with E-state index in [2.05, 4.69) is 15.8 Å². The lowest BCUT2D eigenvalue weighted by molar-refractivity contribution is -0.134. The Labute approximate surface area is 181 Å². The molecular formula is C21H24FN5O3S. The number of hydrogen-bond acceptors (Lipinski definition) is 6. The van der Waals surface area contributed by atoms with Gasteiger partial charge in [0.1, 0.15) is 22.6 Å². The number of nitriles is 1. The number of amides is 1. The van der Waals surface area contributed by atoms with Crippen molar-refractivity contribution < 1.29 is 17.6 Å². The maximum Gasteiger partial charge on any atom is 0.244 e. The van der Waals surface area contributed by atoms with Crippen molar-refractivity contribution in [3.63, 3.8) is 0 Å². The first-order chi connectivity index (χ1) is 14.7. The molecule has 1 N–H and O–H groups in total. The molecule has 1 aliphatic heterocycles. The number of benzene rings is 1. The molecule has 1 saturated heterocycles. The van der Waals surface area contributed by atoms with Crippen molar-refractivity contribution in [2.45, 2.75) is 24.8 Å². The SMILES string of the molecule is CC(C)[C@H](NS(=O)(=O)c1ccccc1F)C(=O)N1CCN(c2cc(C#N)ccn2)CC1. The summed E-state index contributed by atoms with van der Waals surface area (Å²) >= 11 is 0. The van der Waals surface area contributed by atoms with Crippen LogP contribution in [0.1, 0.15) is 19.4 Å². The van der Waals surface area contributed by atoms with Crippen LogP contribution in [0.4, 0.5) is 10.2 Å². The Bertz CT molecular complexity index is 1090. The number of nitrogens with one attached hydrogen (secondary N) is 1. The van der Waals surface area contributed by atoms with Crippen molar-refractivity contribution in [1.29, 1.82) is 5.26 Å². The monoisotopic (exact) mass is 445 g/mol. The summed E-state index contributed by atoms with van der Waals surface area (Å²) in [5.74, 6) is -0.896. The summed E-state index contributed by atoms with van der Waals surface area (Å²) in [6.45, 7) is 5.22. The summed E-state index contributed by atoms with van der Waals surface area (Å²) in [4.78, 5) is 20.5. The van der Waals surface area contributed by atoms with Crippen LogP contribution < -0.4 is 9.62 Å². The average molecular weight is 446 g/mol. The number of piperazine rings is 1. The number of halogens is 1. The van der Waals surface area contributed by atoms with E-state index in [1.54, 1.807) is 37.1 Å². The quantitative estimate of drug-likeness (QED) is 0.726. The average Bonchev–Trinajstić information content (AvgIpc) is 2.77. The Kier molecular flexibility index (Phi) is 6.87. The molecule has 0 unspecified atom stereocenters. The standard InChI is InChI=1S/C21H24FN5O3S/c1-15(2)20(25-31(29,30)18-6-4-3-5-17(18)22)21(28)27-11-9-26(10-12-27)19-13-16(14-23)7-8-24-19/h3-8,13,15,20,25H,9-12H2,1-2H3/t20-/m0/s1. The van der Waals surface area contributed by atoms with Gasteiger partial charge in [0.2, 0.25) is 15.9 Å². The van der Waals surface area contributed by atoms with E-state index < -0.39 is 26.8 Å². The molecule has 3 rings (SSSR count). The minimum atomic E-state index is -4.20.